The van der Waals surface area contributed by atoms with Gasteiger partial charge in [0.25, 0.3) is 10.0 Å². The van der Waals surface area contributed by atoms with Crippen molar-refractivity contribution in [3.8, 4) is 0 Å². The van der Waals surface area contributed by atoms with E-state index in [1.807, 2.05) is 27.7 Å². The molecule has 0 heterocycles. The minimum Gasteiger partial charge on any atom is -0.350 e. The molecule has 0 fully saturated rings. The van der Waals surface area contributed by atoms with Gasteiger partial charge in [-0.25, -0.2) is 8.42 Å². The SMILES string of the molecule is Cc1ccc(S(=O)(=O)N(CC(=O)NC(C)(C)C)c2ccc(Cl)cc2C)cc1. The average Bonchev–Trinajstić information content (AvgIpc) is 2.52. The van der Waals surface area contributed by atoms with E-state index in [9.17, 15) is 13.2 Å². The first-order valence-corrected chi connectivity index (χ1v) is 10.4. The molecule has 0 aliphatic carbocycles. The van der Waals surface area contributed by atoms with E-state index in [-0.39, 0.29) is 17.3 Å². The molecule has 2 aromatic rings. The number of halogens is 1. The quantitative estimate of drug-likeness (QED) is 0.810. The molecule has 0 radical (unpaired) electrons. The van der Waals surface area contributed by atoms with E-state index in [1.165, 1.54) is 0 Å². The van der Waals surface area contributed by atoms with Crippen LogP contribution in [0.25, 0.3) is 0 Å². The highest BCUT2D eigenvalue weighted by molar-refractivity contribution is 7.92. The zero-order valence-electron chi connectivity index (χ0n) is 16.2. The van der Waals surface area contributed by atoms with Crippen LogP contribution >= 0.6 is 11.6 Å². The molecule has 0 saturated carbocycles. The first-order valence-electron chi connectivity index (χ1n) is 8.57. The number of nitrogens with one attached hydrogen (secondary N) is 1. The highest BCUT2D eigenvalue weighted by Gasteiger charge is 2.29. The summed E-state index contributed by atoms with van der Waals surface area (Å²) < 4.78 is 27.7. The van der Waals surface area contributed by atoms with E-state index >= 15 is 0 Å². The van der Waals surface area contributed by atoms with Crippen LogP contribution in [0.1, 0.15) is 31.9 Å². The number of carbonyl (C=O) groups excluding carboxylic acids is 1. The summed E-state index contributed by atoms with van der Waals surface area (Å²) >= 11 is 6.02. The average molecular weight is 409 g/mol. The van der Waals surface area contributed by atoms with Crippen LogP contribution < -0.4 is 9.62 Å². The molecule has 1 amide bonds. The van der Waals surface area contributed by atoms with Gasteiger partial charge in [-0.3, -0.25) is 9.10 Å². The van der Waals surface area contributed by atoms with Gasteiger partial charge in [0.05, 0.1) is 10.6 Å². The van der Waals surface area contributed by atoms with Gasteiger partial charge in [-0.1, -0.05) is 29.3 Å². The number of hydrogen-bond acceptors (Lipinski definition) is 3. The lowest BCUT2D eigenvalue weighted by Crippen LogP contribution is -2.47. The van der Waals surface area contributed by atoms with E-state index in [0.717, 1.165) is 9.87 Å². The Morgan fingerprint density at radius 2 is 1.67 bits per heavy atom. The second kappa shape index (κ2) is 7.90. The van der Waals surface area contributed by atoms with Crippen LogP contribution in [0.2, 0.25) is 5.02 Å². The topological polar surface area (TPSA) is 66.5 Å². The fourth-order valence-corrected chi connectivity index (χ4v) is 4.34. The molecule has 2 aromatic carbocycles. The summed E-state index contributed by atoms with van der Waals surface area (Å²) in [6.45, 7) is 8.86. The van der Waals surface area contributed by atoms with E-state index in [4.69, 9.17) is 11.6 Å². The van der Waals surface area contributed by atoms with Crippen LogP contribution in [0, 0.1) is 13.8 Å². The number of carbonyl (C=O) groups is 1. The fraction of sp³-hybridized carbons (Fsp3) is 0.350. The first-order chi connectivity index (χ1) is 12.4. The van der Waals surface area contributed by atoms with Gasteiger partial charge >= 0.3 is 0 Å². The highest BCUT2D eigenvalue weighted by Crippen LogP contribution is 2.29. The maximum absolute atomic E-state index is 13.3. The number of aryl methyl sites for hydroxylation is 2. The Balaban J connectivity index is 2.51. The van der Waals surface area contributed by atoms with Gasteiger partial charge in [0.2, 0.25) is 5.91 Å². The van der Waals surface area contributed by atoms with Crippen LogP contribution in [0.15, 0.2) is 47.4 Å². The van der Waals surface area contributed by atoms with Crippen LogP contribution in [-0.4, -0.2) is 26.4 Å². The van der Waals surface area contributed by atoms with E-state index in [2.05, 4.69) is 5.32 Å². The molecular formula is C20H25ClN2O3S. The Labute approximate surface area is 166 Å². The number of rotatable bonds is 5. The van der Waals surface area contributed by atoms with Crippen molar-refractivity contribution in [3.05, 3.63) is 58.6 Å². The monoisotopic (exact) mass is 408 g/mol. The predicted molar refractivity (Wildman–Crippen MR) is 110 cm³/mol. The third-order valence-corrected chi connectivity index (χ3v) is 5.85. The third kappa shape index (κ3) is 5.47. The Bertz CT molecular complexity index is 933. The molecule has 0 saturated heterocycles. The van der Waals surface area contributed by atoms with Gasteiger partial charge in [0.15, 0.2) is 0 Å². The predicted octanol–water partition coefficient (Wildman–Crippen LogP) is 4.07. The summed E-state index contributed by atoms with van der Waals surface area (Å²) in [5.41, 5.74) is 1.57. The number of hydrogen-bond donors (Lipinski definition) is 1. The number of sulfonamides is 1. The number of nitrogens with zero attached hydrogens (tertiary/aromatic N) is 1. The number of amides is 1. The molecule has 0 unspecified atom stereocenters. The molecule has 5 nitrogen and oxygen atoms in total. The lowest BCUT2D eigenvalue weighted by Gasteiger charge is -2.28. The number of benzene rings is 2. The number of anilines is 1. The minimum absolute atomic E-state index is 0.131. The summed E-state index contributed by atoms with van der Waals surface area (Å²) in [4.78, 5) is 12.6. The summed E-state index contributed by atoms with van der Waals surface area (Å²) in [6, 6.07) is 11.5. The molecule has 7 heteroatoms. The van der Waals surface area contributed by atoms with E-state index in [1.54, 1.807) is 49.4 Å². The summed E-state index contributed by atoms with van der Waals surface area (Å²) in [6.07, 6.45) is 0. The lowest BCUT2D eigenvalue weighted by molar-refractivity contribution is -0.121. The third-order valence-electron chi connectivity index (χ3n) is 3.84. The molecule has 0 atom stereocenters. The van der Waals surface area contributed by atoms with Gasteiger partial charge < -0.3 is 5.32 Å². The Kier molecular flexibility index (Phi) is 6.22. The van der Waals surface area contributed by atoms with Crippen molar-refractivity contribution in [3.63, 3.8) is 0 Å². The van der Waals surface area contributed by atoms with Crippen molar-refractivity contribution in [1.82, 2.24) is 5.32 Å². The van der Waals surface area contributed by atoms with Crippen molar-refractivity contribution >= 4 is 33.2 Å². The van der Waals surface area contributed by atoms with E-state index < -0.39 is 15.6 Å². The summed E-state index contributed by atoms with van der Waals surface area (Å²) in [5.74, 6) is -0.382. The first kappa shape index (κ1) is 21.3. The molecule has 0 aromatic heterocycles. The Morgan fingerprint density at radius 1 is 1.07 bits per heavy atom. The van der Waals surface area contributed by atoms with Crippen molar-refractivity contribution in [2.45, 2.75) is 45.1 Å². The fourth-order valence-electron chi connectivity index (χ4n) is 2.62. The van der Waals surface area contributed by atoms with Crippen molar-refractivity contribution in [1.29, 1.82) is 0 Å². The Hall–Kier alpha value is -2.05. The zero-order chi connectivity index (χ0) is 20.4. The second-order valence-corrected chi connectivity index (χ2v) is 9.85. The second-order valence-electron chi connectivity index (χ2n) is 7.55. The highest BCUT2D eigenvalue weighted by atomic mass is 35.5. The van der Waals surface area contributed by atoms with Gasteiger partial charge in [-0.2, -0.15) is 0 Å². The molecule has 146 valence electrons. The summed E-state index contributed by atoms with van der Waals surface area (Å²) in [5, 5.41) is 3.31. The van der Waals surface area contributed by atoms with Gasteiger partial charge in [0, 0.05) is 10.6 Å². The molecule has 0 aliphatic heterocycles. The maximum atomic E-state index is 13.3. The van der Waals surface area contributed by atoms with E-state index in [0.29, 0.717) is 16.3 Å². The zero-order valence-corrected chi connectivity index (χ0v) is 17.8. The van der Waals surface area contributed by atoms with Gasteiger partial charge in [0.1, 0.15) is 6.54 Å². The van der Waals surface area contributed by atoms with Crippen LogP contribution in [0.3, 0.4) is 0 Å². The maximum Gasteiger partial charge on any atom is 0.264 e. The largest absolute Gasteiger partial charge is 0.350 e. The van der Waals surface area contributed by atoms with Crippen LogP contribution in [-0.2, 0) is 14.8 Å². The van der Waals surface area contributed by atoms with Crippen LogP contribution in [0.4, 0.5) is 5.69 Å². The van der Waals surface area contributed by atoms with Crippen LogP contribution in [0.5, 0.6) is 0 Å². The molecular weight excluding hydrogens is 384 g/mol. The van der Waals surface area contributed by atoms with Crippen molar-refractivity contribution in [2.24, 2.45) is 0 Å². The molecule has 0 aliphatic rings. The lowest BCUT2D eigenvalue weighted by atomic mass is 10.1. The molecule has 1 N–H and O–H groups in total. The molecule has 0 spiro atoms. The minimum atomic E-state index is -3.93. The van der Waals surface area contributed by atoms with Crippen molar-refractivity contribution in [2.75, 3.05) is 10.8 Å². The smallest absolute Gasteiger partial charge is 0.264 e. The van der Waals surface area contributed by atoms with Gasteiger partial charge in [-0.05, 0) is 70.5 Å². The van der Waals surface area contributed by atoms with Crippen molar-refractivity contribution < 1.29 is 13.2 Å². The Morgan fingerprint density at radius 3 is 2.19 bits per heavy atom. The molecule has 2 rings (SSSR count). The molecule has 27 heavy (non-hydrogen) atoms. The summed E-state index contributed by atoms with van der Waals surface area (Å²) in [7, 11) is -3.93. The van der Waals surface area contributed by atoms with Gasteiger partial charge in [-0.15, -0.1) is 0 Å². The normalized spacial score (nSPS) is 11.9. The standard InChI is InChI=1S/C20H25ClN2O3S/c1-14-6-9-17(10-7-14)27(25,26)23(13-19(24)22-20(3,4)5)18-11-8-16(21)12-15(18)2/h6-12H,13H2,1-5H3,(H,22,24). The molecule has 0 bridgehead atoms.